The number of nitrogens with zero attached hydrogens (tertiary/aromatic N) is 2. The van der Waals surface area contributed by atoms with Gasteiger partial charge >= 0.3 is 0 Å². The summed E-state index contributed by atoms with van der Waals surface area (Å²) >= 11 is 0. The van der Waals surface area contributed by atoms with Crippen molar-refractivity contribution in [2.45, 2.75) is 25.9 Å². The summed E-state index contributed by atoms with van der Waals surface area (Å²) in [6, 6.07) is 7.63. The molecule has 1 N–H and O–H groups in total. The van der Waals surface area contributed by atoms with Crippen LogP contribution in [-0.4, -0.2) is 66.8 Å². The Morgan fingerprint density at radius 2 is 1.86 bits per heavy atom. The van der Waals surface area contributed by atoms with Crippen molar-refractivity contribution in [2.24, 2.45) is 0 Å². The summed E-state index contributed by atoms with van der Waals surface area (Å²) < 4.78 is 5.12. The van der Waals surface area contributed by atoms with Gasteiger partial charge in [-0.3, -0.25) is 9.69 Å². The van der Waals surface area contributed by atoms with Gasteiger partial charge in [-0.25, -0.2) is 0 Å². The van der Waals surface area contributed by atoms with Gasteiger partial charge in [-0.15, -0.1) is 0 Å². The number of aliphatic hydroxyl groups is 1. The Morgan fingerprint density at radius 1 is 1.23 bits per heavy atom. The van der Waals surface area contributed by atoms with Crippen LogP contribution in [0.25, 0.3) is 0 Å². The first-order valence-corrected chi connectivity index (χ1v) is 7.93. The molecule has 1 aliphatic rings. The molecule has 1 atom stereocenters. The van der Waals surface area contributed by atoms with Gasteiger partial charge in [0, 0.05) is 32.7 Å². The molecule has 22 heavy (non-hydrogen) atoms. The number of β-amino-alcohol motifs (C(OH)–C–C–N with tert-alkyl or cyclic N) is 1. The van der Waals surface area contributed by atoms with Crippen molar-refractivity contribution in [3.8, 4) is 5.75 Å². The minimum Gasteiger partial charge on any atom is -0.497 e. The zero-order chi connectivity index (χ0) is 15.9. The van der Waals surface area contributed by atoms with Gasteiger partial charge < -0.3 is 14.7 Å². The van der Waals surface area contributed by atoms with Crippen LogP contribution in [0.15, 0.2) is 24.3 Å². The molecule has 1 aromatic rings. The molecule has 2 rings (SSSR count). The first kappa shape index (κ1) is 16.8. The molecule has 0 aromatic heterocycles. The van der Waals surface area contributed by atoms with E-state index in [-0.39, 0.29) is 12.0 Å². The second-order valence-corrected chi connectivity index (χ2v) is 5.77. The fourth-order valence-electron chi connectivity index (χ4n) is 2.64. The van der Waals surface area contributed by atoms with Crippen LogP contribution >= 0.6 is 0 Å². The van der Waals surface area contributed by atoms with E-state index in [0.717, 1.165) is 43.9 Å². The monoisotopic (exact) mass is 306 g/mol. The lowest BCUT2D eigenvalue weighted by atomic mass is 10.1. The smallest absolute Gasteiger partial charge is 0.227 e. The maximum absolute atomic E-state index is 12.3. The Kier molecular flexibility index (Phi) is 6.21. The summed E-state index contributed by atoms with van der Waals surface area (Å²) in [6.45, 7) is 5.85. The Morgan fingerprint density at radius 3 is 2.41 bits per heavy atom. The highest BCUT2D eigenvalue weighted by Gasteiger charge is 2.22. The molecule has 0 saturated carbocycles. The second-order valence-electron chi connectivity index (χ2n) is 5.77. The molecule has 0 radical (unpaired) electrons. The average molecular weight is 306 g/mol. The largest absolute Gasteiger partial charge is 0.497 e. The summed E-state index contributed by atoms with van der Waals surface area (Å²) in [7, 11) is 1.63. The lowest BCUT2D eigenvalue weighted by Gasteiger charge is -2.35. The van der Waals surface area contributed by atoms with E-state index in [1.807, 2.05) is 36.1 Å². The average Bonchev–Trinajstić information content (AvgIpc) is 2.56. The highest BCUT2D eigenvalue weighted by Crippen LogP contribution is 2.13. The standard InChI is InChI=1S/C17H26N2O3/c1-3-15(20)13-18-8-10-19(11-9-18)17(21)12-14-4-6-16(22-2)7-5-14/h4-7,15,20H,3,8-13H2,1-2H3/t15-/m0/s1. The van der Waals surface area contributed by atoms with E-state index in [0.29, 0.717) is 13.0 Å². The molecule has 0 unspecified atom stereocenters. The van der Waals surface area contributed by atoms with Gasteiger partial charge in [-0.2, -0.15) is 0 Å². The number of rotatable bonds is 6. The van der Waals surface area contributed by atoms with E-state index in [4.69, 9.17) is 4.74 Å². The number of carbonyl (C=O) groups excluding carboxylic acids is 1. The molecule has 1 amide bonds. The predicted octanol–water partition coefficient (Wildman–Crippen LogP) is 1.15. The number of amides is 1. The second kappa shape index (κ2) is 8.15. The number of hydrogen-bond acceptors (Lipinski definition) is 4. The molecule has 0 bridgehead atoms. The minimum atomic E-state index is -0.262. The third-order valence-corrected chi connectivity index (χ3v) is 4.18. The van der Waals surface area contributed by atoms with Crippen LogP contribution < -0.4 is 4.74 Å². The summed E-state index contributed by atoms with van der Waals surface area (Å²) in [5.41, 5.74) is 1.01. The third-order valence-electron chi connectivity index (χ3n) is 4.18. The summed E-state index contributed by atoms with van der Waals surface area (Å²) in [6.07, 6.45) is 0.944. The fraction of sp³-hybridized carbons (Fsp3) is 0.588. The number of piperazine rings is 1. The number of hydrogen-bond donors (Lipinski definition) is 1. The molecular formula is C17H26N2O3. The van der Waals surface area contributed by atoms with Gasteiger partial charge in [0.15, 0.2) is 0 Å². The van der Waals surface area contributed by atoms with Crippen LogP contribution in [0.5, 0.6) is 5.75 Å². The first-order valence-electron chi connectivity index (χ1n) is 7.93. The Bertz CT molecular complexity index is 467. The van der Waals surface area contributed by atoms with Gasteiger partial charge in [-0.1, -0.05) is 19.1 Å². The van der Waals surface area contributed by atoms with E-state index in [9.17, 15) is 9.90 Å². The lowest BCUT2D eigenvalue weighted by Crippen LogP contribution is -2.50. The van der Waals surface area contributed by atoms with E-state index in [2.05, 4.69) is 4.90 Å². The lowest BCUT2D eigenvalue weighted by molar-refractivity contribution is -0.132. The number of carbonyl (C=O) groups is 1. The number of ether oxygens (including phenoxy) is 1. The van der Waals surface area contributed by atoms with Gasteiger partial charge in [0.1, 0.15) is 5.75 Å². The number of methoxy groups -OCH3 is 1. The molecule has 5 heteroatoms. The van der Waals surface area contributed by atoms with Crippen molar-refractivity contribution in [1.82, 2.24) is 9.80 Å². The summed E-state index contributed by atoms with van der Waals surface area (Å²) in [5, 5.41) is 9.69. The first-order chi connectivity index (χ1) is 10.6. The predicted molar refractivity (Wildman–Crippen MR) is 86.0 cm³/mol. The van der Waals surface area contributed by atoms with Crippen molar-refractivity contribution < 1.29 is 14.6 Å². The maximum atomic E-state index is 12.3. The van der Waals surface area contributed by atoms with E-state index in [1.54, 1.807) is 7.11 Å². The van der Waals surface area contributed by atoms with Crippen LogP contribution in [-0.2, 0) is 11.2 Å². The Labute approximate surface area is 132 Å². The minimum absolute atomic E-state index is 0.167. The summed E-state index contributed by atoms with van der Waals surface area (Å²) in [4.78, 5) is 16.5. The van der Waals surface area contributed by atoms with Crippen LogP contribution in [0.1, 0.15) is 18.9 Å². The zero-order valence-electron chi connectivity index (χ0n) is 13.5. The number of aliphatic hydroxyl groups excluding tert-OH is 1. The van der Waals surface area contributed by atoms with E-state index >= 15 is 0 Å². The molecule has 1 aromatic carbocycles. The van der Waals surface area contributed by atoms with Crippen molar-refractivity contribution >= 4 is 5.91 Å². The van der Waals surface area contributed by atoms with Crippen LogP contribution in [0.3, 0.4) is 0 Å². The van der Waals surface area contributed by atoms with Gasteiger partial charge in [0.2, 0.25) is 5.91 Å². The van der Waals surface area contributed by atoms with E-state index < -0.39 is 0 Å². The van der Waals surface area contributed by atoms with E-state index in [1.165, 1.54) is 0 Å². The van der Waals surface area contributed by atoms with Crippen molar-refractivity contribution in [3.63, 3.8) is 0 Å². The number of benzene rings is 1. The zero-order valence-corrected chi connectivity index (χ0v) is 13.5. The topological polar surface area (TPSA) is 53.0 Å². The molecule has 1 heterocycles. The summed E-state index contributed by atoms with van der Waals surface area (Å²) in [5.74, 6) is 0.972. The van der Waals surface area contributed by atoms with Gasteiger partial charge in [0.25, 0.3) is 0 Å². The molecule has 1 saturated heterocycles. The van der Waals surface area contributed by atoms with Crippen molar-refractivity contribution in [3.05, 3.63) is 29.8 Å². The van der Waals surface area contributed by atoms with Gasteiger partial charge in [-0.05, 0) is 24.1 Å². The van der Waals surface area contributed by atoms with Gasteiger partial charge in [0.05, 0.1) is 19.6 Å². The Balaban J connectivity index is 1.79. The molecule has 5 nitrogen and oxygen atoms in total. The maximum Gasteiger partial charge on any atom is 0.227 e. The normalized spacial score (nSPS) is 17.3. The van der Waals surface area contributed by atoms with Crippen molar-refractivity contribution in [1.29, 1.82) is 0 Å². The molecule has 122 valence electrons. The molecule has 1 aliphatic heterocycles. The van der Waals surface area contributed by atoms with Crippen LogP contribution in [0, 0.1) is 0 Å². The molecule has 0 aliphatic carbocycles. The SMILES string of the molecule is CC[C@H](O)CN1CCN(C(=O)Cc2ccc(OC)cc2)CC1. The molecule has 1 fully saturated rings. The Hall–Kier alpha value is -1.59. The highest BCUT2D eigenvalue weighted by molar-refractivity contribution is 5.78. The molecule has 0 spiro atoms. The van der Waals surface area contributed by atoms with Crippen LogP contribution in [0.2, 0.25) is 0 Å². The van der Waals surface area contributed by atoms with Crippen molar-refractivity contribution in [2.75, 3.05) is 39.8 Å². The molecular weight excluding hydrogens is 280 g/mol. The quantitative estimate of drug-likeness (QED) is 0.857. The van der Waals surface area contributed by atoms with Crippen LogP contribution in [0.4, 0.5) is 0 Å². The fourth-order valence-corrected chi connectivity index (χ4v) is 2.64. The highest BCUT2D eigenvalue weighted by atomic mass is 16.5. The third kappa shape index (κ3) is 4.71.